The Hall–Kier alpha value is -1.90. The molecule has 0 saturated heterocycles. The van der Waals surface area contributed by atoms with Gasteiger partial charge < -0.3 is 0 Å². The largest absolute Gasteiger partial charge is 0.269 e. The summed E-state index contributed by atoms with van der Waals surface area (Å²) >= 11 is 0. The number of hydrogen-bond acceptors (Lipinski definition) is 2. The fraction of sp³-hybridized carbons (Fsp3) is 0.286. The minimum Gasteiger partial charge on any atom is -0.269 e. The van der Waals surface area contributed by atoms with Gasteiger partial charge in [0.2, 0.25) is 0 Å². The molecule has 17 heavy (non-hydrogen) atoms. The molecule has 3 heteroatoms. The highest BCUT2D eigenvalue weighted by atomic mass is 16.2. The average Bonchev–Trinajstić information content (AvgIpc) is 2.53. The molecule has 1 unspecified atom stereocenters. The number of allylic oxidation sites excluding steroid dienone is 5. The number of amides is 2. The van der Waals surface area contributed by atoms with Gasteiger partial charge in [-0.05, 0) is 17.9 Å². The van der Waals surface area contributed by atoms with Gasteiger partial charge in [-0.1, -0.05) is 38.2 Å². The molecule has 0 saturated carbocycles. The van der Waals surface area contributed by atoms with Gasteiger partial charge in [-0.2, -0.15) is 0 Å². The molecule has 1 heterocycles. The van der Waals surface area contributed by atoms with Crippen LogP contribution < -0.4 is 0 Å². The molecule has 0 bridgehead atoms. The average molecular weight is 229 g/mol. The quantitative estimate of drug-likeness (QED) is 0.681. The third-order valence-corrected chi connectivity index (χ3v) is 2.91. The van der Waals surface area contributed by atoms with Crippen LogP contribution in [0.25, 0.3) is 0 Å². The van der Waals surface area contributed by atoms with Gasteiger partial charge in [0.15, 0.2) is 0 Å². The minimum atomic E-state index is -0.268. The molecule has 88 valence electrons. The molecule has 1 atom stereocenters. The first-order chi connectivity index (χ1) is 8.09. The SMILES string of the molecule is CC(C)C1C=CC=CC(N2C(=O)C=CC2=O)=C1. The summed E-state index contributed by atoms with van der Waals surface area (Å²) in [6.45, 7) is 4.22. The molecule has 1 aliphatic carbocycles. The van der Waals surface area contributed by atoms with Crippen molar-refractivity contribution in [1.29, 1.82) is 0 Å². The maximum absolute atomic E-state index is 11.6. The van der Waals surface area contributed by atoms with E-state index in [1.807, 2.05) is 18.2 Å². The van der Waals surface area contributed by atoms with Crippen molar-refractivity contribution in [2.24, 2.45) is 11.8 Å². The lowest BCUT2D eigenvalue weighted by Crippen LogP contribution is -2.29. The van der Waals surface area contributed by atoms with Crippen LogP contribution in [0.15, 0.2) is 48.2 Å². The Morgan fingerprint density at radius 3 is 2.29 bits per heavy atom. The van der Waals surface area contributed by atoms with Crippen molar-refractivity contribution < 1.29 is 9.59 Å². The van der Waals surface area contributed by atoms with Crippen LogP contribution in [0, 0.1) is 11.8 Å². The van der Waals surface area contributed by atoms with Crippen molar-refractivity contribution in [3.05, 3.63) is 48.2 Å². The van der Waals surface area contributed by atoms with E-state index >= 15 is 0 Å². The van der Waals surface area contributed by atoms with E-state index in [2.05, 4.69) is 19.9 Å². The van der Waals surface area contributed by atoms with Gasteiger partial charge in [0.25, 0.3) is 11.8 Å². The summed E-state index contributed by atoms with van der Waals surface area (Å²) in [4.78, 5) is 24.4. The zero-order chi connectivity index (χ0) is 12.4. The second kappa shape index (κ2) is 4.53. The molecule has 0 spiro atoms. The van der Waals surface area contributed by atoms with E-state index < -0.39 is 0 Å². The predicted molar refractivity (Wildman–Crippen MR) is 65.7 cm³/mol. The summed E-state index contributed by atoms with van der Waals surface area (Å²) in [5, 5.41) is 0. The number of carbonyl (C=O) groups is 2. The van der Waals surface area contributed by atoms with Crippen LogP contribution in [-0.4, -0.2) is 16.7 Å². The Bertz CT molecular complexity index is 449. The minimum absolute atomic E-state index is 0.237. The molecule has 2 aliphatic rings. The van der Waals surface area contributed by atoms with Gasteiger partial charge in [-0.15, -0.1) is 0 Å². The number of imide groups is 1. The highest BCUT2D eigenvalue weighted by Gasteiger charge is 2.26. The topological polar surface area (TPSA) is 37.4 Å². The number of rotatable bonds is 2. The molecule has 3 nitrogen and oxygen atoms in total. The Morgan fingerprint density at radius 2 is 1.71 bits per heavy atom. The monoisotopic (exact) mass is 229 g/mol. The summed E-state index contributed by atoms with van der Waals surface area (Å²) in [5.74, 6) is 0.133. The summed E-state index contributed by atoms with van der Waals surface area (Å²) in [7, 11) is 0. The van der Waals surface area contributed by atoms with Crippen LogP contribution in [0.1, 0.15) is 13.8 Å². The number of carbonyl (C=O) groups excluding carboxylic acids is 2. The predicted octanol–water partition coefficient (Wildman–Crippen LogP) is 2.19. The highest BCUT2D eigenvalue weighted by Crippen LogP contribution is 2.23. The fourth-order valence-corrected chi connectivity index (χ4v) is 1.87. The third-order valence-electron chi connectivity index (χ3n) is 2.91. The van der Waals surface area contributed by atoms with Crippen molar-refractivity contribution in [3.8, 4) is 0 Å². The molecular weight excluding hydrogens is 214 g/mol. The van der Waals surface area contributed by atoms with E-state index in [1.165, 1.54) is 17.1 Å². The molecule has 0 fully saturated rings. The van der Waals surface area contributed by atoms with Gasteiger partial charge in [0, 0.05) is 17.8 Å². The standard InChI is InChI=1S/C14H15NO2/c1-10(2)11-5-3-4-6-12(9-11)15-13(16)7-8-14(15)17/h3-11H,1-2H3. The molecule has 0 N–H and O–H groups in total. The van der Waals surface area contributed by atoms with E-state index in [0.29, 0.717) is 11.6 Å². The smallest absolute Gasteiger partial charge is 0.258 e. The van der Waals surface area contributed by atoms with E-state index in [1.54, 1.807) is 6.08 Å². The first kappa shape index (κ1) is 11.6. The van der Waals surface area contributed by atoms with Crippen molar-refractivity contribution in [2.45, 2.75) is 13.8 Å². The lowest BCUT2D eigenvalue weighted by Gasteiger charge is -2.18. The van der Waals surface area contributed by atoms with Crippen LogP contribution in [0.5, 0.6) is 0 Å². The third kappa shape index (κ3) is 2.28. The molecular formula is C14H15NO2. The Morgan fingerprint density at radius 1 is 1.06 bits per heavy atom. The summed E-state index contributed by atoms with van der Waals surface area (Å²) < 4.78 is 0. The lowest BCUT2D eigenvalue weighted by atomic mass is 9.95. The summed E-state index contributed by atoms with van der Waals surface area (Å²) in [6, 6.07) is 0. The molecule has 2 rings (SSSR count). The van der Waals surface area contributed by atoms with Gasteiger partial charge in [-0.25, -0.2) is 4.90 Å². The number of hydrogen-bond donors (Lipinski definition) is 0. The van der Waals surface area contributed by atoms with E-state index in [-0.39, 0.29) is 17.7 Å². The zero-order valence-electron chi connectivity index (χ0n) is 9.96. The van der Waals surface area contributed by atoms with Crippen LogP contribution in [-0.2, 0) is 9.59 Å². The molecule has 1 aliphatic heterocycles. The van der Waals surface area contributed by atoms with Gasteiger partial charge in [0.05, 0.1) is 0 Å². The molecule has 0 aromatic carbocycles. The second-order valence-electron chi connectivity index (χ2n) is 4.50. The molecule has 0 aromatic rings. The Labute approximate surface area is 101 Å². The molecule has 0 radical (unpaired) electrons. The zero-order valence-corrected chi connectivity index (χ0v) is 9.96. The number of nitrogens with zero attached hydrogens (tertiary/aromatic N) is 1. The van der Waals surface area contributed by atoms with Gasteiger partial charge in [0.1, 0.15) is 0 Å². The highest BCUT2D eigenvalue weighted by molar-refractivity contribution is 6.14. The van der Waals surface area contributed by atoms with Crippen LogP contribution >= 0.6 is 0 Å². The lowest BCUT2D eigenvalue weighted by molar-refractivity contribution is -0.134. The van der Waals surface area contributed by atoms with Crippen LogP contribution in [0.2, 0.25) is 0 Å². The maximum Gasteiger partial charge on any atom is 0.258 e. The Balaban J connectivity index is 2.31. The fourth-order valence-electron chi connectivity index (χ4n) is 1.87. The van der Waals surface area contributed by atoms with Gasteiger partial charge >= 0.3 is 0 Å². The van der Waals surface area contributed by atoms with Crippen molar-refractivity contribution >= 4 is 11.8 Å². The summed E-state index contributed by atoms with van der Waals surface area (Å²) in [6.07, 6.45) is 12.3. The first-order valence-corrected chi connectivity index (χ1v) is 5.72. The van der Waals surface area contributed by atoms with Crippen LogP contribution in [0.4, 0.5) is 0 Å². The van der Waals surface area contributed by atoms with Crippen molar-refractivity contribution in [1.82, 2.24) is 4.90 Å². The molecule has 2 amide bonds. The molecule has 0 aromatic heterocycles. The first-order valence-electron chi connectivity index (χ1n) is 5.72. The Kier molecular flexibility index (Phi) is 3.09. The van der Waals surface area contributed by atoms with Crippen molar-refractivity contribution in [2.75, 3.05) is 0 Å². The van der Waals surface area contributed by atoms with E-state index in [0.717, 1.165) is 0 Å². The van der Waals surface area contributed by atoms with Gasteiger partial charge in [-0.3, -0.25) is 9.59 Å². The van der Waals surface area contributed by atoms with E-state index in [4.69, 9.17) is 0 Å². The summed E-state index contributed by atoms with van der Waals surface area (Å²) in [5.41, 5.74) is 0.661. The maximum atomic E-state index is 11.6. The van der Waals surface area contributed by atoms with Crippen LogP contribution in [0.3, 0.4) is 0 Å². The normalized spacial score (nSPS) is 23.6. The van der Waals surface area contributed by atoms with E-state index in [9.17, 15) is 9.59 Å². The second-order valence-corrected chi connectivity index (χ2v) is 4.50. The van der Waals surface area contributed by atoms with Crippen molar-refractivity contribution in [3.63, 3.8) is 0 Å².